The predicted molar refractivity (Wildman–Crippen MR) is 103 cm³/mol. The smallest absolute Gasteiger partial charge is 0.230 e. The Morgan fingerprint density at radius 2 is 2.08 bits per heavy atom. The molecule has 3 rings (SSSR count). The van der Waals surface area contributed by atoms with Gasteiger partial charge in [-0.3, -0.25) is 4.79 Å². The van der Waals surface area contributed by atoms with Crippen molar-refractivity contribution in [3.63, 3.8) is 0 Å². The number of fused-ring (bicyclic) bond motifs is 1. The van der Waals surface area contributed by atoms with E-state index in [1.54, 1.807) is 7.11 Å². The van der Waals surface area contributed by atoms with Gasteiger partial charge in [0.15, 0.2) is 11.5 Å². The van der Waals surface area contributed by atoms with Crippen LogP contribution in [0.4, 0.5) is 0 Å². The first kappa shape index (κ1) is 18.7. The second-order valence-electron chi connectivity index (χ2n) is 5.72. The maximum atomic E-state index is 12.0. The molecule has 26 heavy (non-hydrogen) atoms. The topological polar surface area (TPSA) is 56.8 Å². The predicted octanol–water partition coefficient (Wildman–Crippen LogP) is 3.67. The van der Waals surface area contributed by atoms with Gasteiger partial charge in [0.1, 0.15) is 19.0 Å². The number of thioether (sulfide) groups is 1. The molecule has 0 aliphatic carbocycles. The molecule has 1 N–H and O–H groups in total. The van der Waals surface area contributed by atoms with Crippen molar-refractivity contribution in [3.05, 3.63) is 52.5 Å². The fourth-order valence-electron chi connectivity index (χ4n) is 2.54. The summed E-state index contributed by atoms with van der Waals surface area (Å²) in [6.45, 7) is 1.51. The van der Waals surface area contributed by atoms with Gasteiger partial charge in [0, 0.05) is 12.3 Å². The van der Waals surface area contributed by atoms with Crippen molar-refractivity contribution in [1.29, 1.82) is 0 Å². The van der Waals surface area contributed by atoms with E-state index in [2.05, 4.69) is 5.32 Å². The Kier molecular flexibility index (Phi) is 6.52. The molecule has 0 fully saturated rings. The van der Waals surface area contributed by atoms with Crippen LogP contribution in [0.3, 0.4) is 0 Å². The Morgan fingerprint density at radius 3 is 2.92 bits per heavy atom. The van der Waals surface area contributed by atoms with Crippen LogP contribution < -0.4 is 19.5 Å². The number of benzene rings is 2. The summed E-state index contributed by atoms with van der Waals surface area (Å²) >= 11 is 7.75. The van der Waals surface area contributed by atoms with Crippen molar-refractivity contribution in [2.75, 3.05) is 26.1 Å². The summed E-state index contributed by atoms with van der Waals surface area (Å²) < 4.78 is 16.3. The summed E-state index contributed by atoms with van der Waals surface area (Å²) in [4.78, 5) is 12.0. The number of carbonyl (C=O) groups excluding carboxylic acids is 1. The molecule has 5 nitrogen and oxygen atoms in total. The van der Waals surface area contributed by atoms with E-state index in [0.29, 0.717) is 47.8 Å². The number of ether oxygens (including phenoxy) is 3. The van der Waals surface area contributed by atoms with Crippen LogP contribution in [-0.4, -0.2) is 32.0 Å². The first-order valence-electron chi connectivity index (χ1n) is 8.21. The summed E-state index contributed by atoms with van der Waals surface area (Å²) in [6.07, 6.45) is 0. The Morgan fingerprint density at radius 1 is 1.23 bits per heavy atom. The lowest BCUT2D eigenvalue weighted by Gasteiger charge is -2.20. The third kappa shape index (κ3) is 4.99. The Hall–Kier alpha value is -2.05. The number of hydrogen-bond acceptors (Lipinski definition) is 5. The monoisotopic (exact) mass is 393 g/mol. The normalized spacial score (nSPS) is 12.5. The average Bonchev–Trinajstić information content (AvgIpc) is 2.66. The Balaban J connectivity index is 1.45. The molecule has 0 bridgehead atoms. The number of amides is 1. The second kappa shape index (κ2) is 9.05. The standard InChI is InChI=1S/C19H20ClNO4S/c1-23-15-4-2-3-13(7-15)10-21-18(22)12-26-11-14-8-16(20)19-17(9-14)24-5-6-25-19/h2-4,7-9H,5-6,10-12H2,1H3,(H,21,22). The molecular formula is C19H20ClNO4S. The summed E-state index contributed by atoms with van der Waals surface area (Å²) in [5.74, 6) is 3.08. The lowest BCUT2D eigenvalue weighted by Crippen LogP contribution is -2.24. The summed E-state index contributed by atoms with van der Waals surface area (Å²) in [7, 11) is 1.62. The van der Waals surface area contributed by atoms with Crippen molar-refractivity contribution < 1.29 is 19.0 Å². The van der Waals surface area contributed by atoms with E-state index in [9.17, 15) is 4.79 Å². The maximum absolute atomic E-state index is 12.0. The van der Waals surface area contributed by atoms with Crippen LogP contribution in [0.5, 0.6) is 17.2 Å². The van der Waals surface area contributed by atoms with Crippen molar-refractivity contribution in [2.45, 2.75) is 12.3 Å². The van der Waals surface area contributed by atoms with Crippen molar-refractivity contribution in [3.8, 4) is 17.2 Å². The van der Waals surface area contributed by atoms with Crippen LogP contribution >= 0.6 is 23.4 Å². The van der Waals surface area contributed by atoms with Crippen molar-refractivity contribution in [1.82, 2.24) is 5.32 Å². The van der Waals surface area contributed by atoms with Crippen LogP contribution in [0.2, 0.25) is 5.02 Å². The zero-order chi connectivity index (χ0) is 18.4. The van der Waals surface area contributed by atoms with Gasteiger partial charge in [0.25, 0.3) is 0 Å². The molecule has 1 amide bonds. The number of methoxy groups -OCH3 is 1. The number of carbonyl (C=O) groups is 1. The minimum atomic E-state index is -0.0125. The zero-order valence-corrected chi connectivity index (χ0v) is 16.0. The Labute approximate surface area is 162 Å². The van der Waals surface area contributed by atoms with E-state index in [-0.39, 0.29) is 5.91 Å². The quantitative estimate of drug-likeness (QED) is 0.777. The van der Waals surface area contributed by atoms with E-state index in [0.717, 1.165) is 16.9 Å². The molecule has 2 aromatic carbocycles. The van der Waals surface area contributed by atoms with E-state index >= 15 is 0 Å². The van der Waals surface area contributed by atoms with Crippen molar-refractivity contribution in [2.24, 2.45) is 0 Å². The highest BCUT2D eigenvalue weighted by Gasteiger charge is 2.16. The summed E-state index contributed by atoms with van der Waals surface area (Å²) in [6, 6.07) is 11.4. The maximum Gasteiger partial charge on any atom is 0.230 e. The second-order valence-corrected chi connectivity index (χ2v) is 7.12. The third-order valence-corrected chi connectivity index (χ3v) is 5.07. The summed E-state index contributed by atoms with van der Waals surface area (Å²) in [5.41, 5.74) is 2.01. The third-order valence-electron chi connectivity index (χ3n) is 3.78. The number of rotatable bonds is 7. The van der Waals surface area contributed by atoms with E-state index in [1.165, 1.54) is 11.8 Å². The van der Waals surface area contributed by atoms with Crippen LogP contribution in [-0.2, 0) is 17.1 Å². The fourth-order valence-corrected chi connectivity index (χ4v) is 3.62. The molecule has 0 saturated carbocycles. The van der Waals surface area contributed by atoms with Gasteiger partial charge in [-0.15, -0.1) is 11.8 Å². The van der Waals surface area contributed by atoms with Crippen LogP contribution in [0.15, 0.2) is 36.4 Å². The molecule has 1 aliphatic heterocycles. The highest BCUT2D eigenvalue weighted by molar-refractivity contribution is 7.99. The van der Waals surface area contributed by atoms with Gasteiger partial charge in [0.2, 0.25) is 5.91 Å². The molecule has 0 spiro atoms. The van der Waals surface area contributed by atoms with Gasteiger partial charge < -0.3 is 19.5 Å². The number of nitrogens with one attached hydrogen (secondary N) is 1. The van der Waals surface area contributed by atoms with Gasteiger partial charge >= 0.3 is 0 Å². The molecule has 0 aromatic heterocycles. The van der Waals surface area contributed by atoms with Crippen LogP contribution in [0, 0.1) is 0 Å². The highest BCUT2D eigenvalue weighted by atomic mass is 35.5. The first-order chi connectivity index (χ1) is 12.7. The van der Waals surface area contributed by atoms with E-state index in [1.807, 2.05) is 36.4 Å². The van der Waals surface area contributed by atoms with E-state index < -0.39 is 0 Å². The molecular weight excluding hydrogens is 374 g/mol. The lowest BCUT2D eigenvalue weighted by molar-refractivity contribution is -0.118. The molecule has 0 unspecified atom stereocenters. The van der Waals surface area contributed by atoms with Crippen molar-refractivity contribution >= 4 is 29.3 Å². The van der Waals surface area contributed by atoms with Gasteiger partial charge in [0.05, 0.1) is 17.9 Å². The fraction of sp³-hybridized carbons (Fsp3) is 0.316. The minimum absolute atomic E-state index is 0.0125. The Bertz CT molecular complexity index is 784. The molecule has 1 aliphatic rings. The molecule has 2 aromatic rings. The van der Waals surface area contributed by atoms with Crippen LogP contribution in [0.25, 0.3) is 0 Å². The number of hydrogen-bond donors (Lipinski definition) is 1. The molecule has 7 heteroatoms. The van der Waals surface area contributed by atoms with Crippen LogP contribution in [0.1, 0.15) is 11.1 Å². The molecule has 0 radical (unpaired) electrons. The minimum Gasteiger partial charge on any atom is -0.497 e. The largest absolute Gasteiger partial charge is 0.497 e. The molecule has 138 valence electrons. The molecule has 1 heterocycles. The summed E-state index contributed by atoms with van der Waals surface area (Å²) in [5, 5.41) is 3.45. The van der Waals surface area contributed by atoms with E-state index in [4.69, 9.17) is 25.8 Å². The lowest BCUT2D eigenvalue weighted by atomic mass is 10.2. The SMILES string of the molecule is COc1cccc(CNC(=O)CSCc2cc(Cl)c3c(c2)OCCO3)c1. The molecule has 0 saturated heterocycles. The average molecular weight is 394 g/mol. The molecule has 0 atom stereocenters. The number of halogens is 1. The zero-order valence-electron chi connectivity index (χ0n) is 14.4. The van der Waals surface area contributed by atoms with Gasteiger partial charge in [-0.05, 0) is 35.4 Å². The highest BCUT2D eigenvalue weighted by Crippen LogP contribution is 2.39. The van der Waals surface area contributed by atoms with Gasteiger partial charge in [-0.1, -0.05) is 23.7 Å². The van der Waals surface area contributed by atoms with Gasteiger partial charge in [-0.2, -0.15) is 0 Å². The first-order valence-corrected chi connectivity index (χ1v) is 9.74. The van der Waals surface area contributed by atoms with Gasteiger partial charge in [-0.25, -0.2) is 0 Å².